The normalized spacial score (nSPS) is 15.8. The number of aromatic nitrogens is 2. The van der Waals surface area contributed by atoms with E-state index in [-0.39, 0.29) is 5.56 Å². The van der Waals surface area contributed by atoms with E-state index in [2.05, 4.69) is 15.3 Å². The molecule has 1 fully saturated rings. The van der Waals surface area contributed by atoms with E-state index in [1.165, 1.54) is 12.4 Å². The van der Waals surface area contributed by atoms with E-state index in [1.807, 2.05) is 11.9 Å². The van der Waals surface area contributed by atoms with Gasteiger partial charge < -0.3 is 15.3 Å². The van der Waals surface area contributed by atoms with Gasteiger partial charge in [-0.15, -0.1) is 0 Å². The van der Waals surface area contributed by atoms with Crippen molar-refractivity contribution in [1.82, 2.24) is 15.3 Å². The van der Waals surface area contributed by atoms with Crippen LogP contribution in [0, 0.1) is 0 Å². The number of hydrogen-bond acceptors (Lipinski definition) is 5. The number of carboxylic acid groups (broad SMARTS) is 1. The Morgan fingerprint density at radius 1 is 1.53 bits per heavy atom. The molecule has 0 aromatic carbocycles. The Morgan fingerprint density at radius 2 is 2.13 bits per heavy atom. The van der Waals surface area contributed by atoms with Crippen LogP contribution in [0.3, 0.4) is 0 Å². The van der Waals surface area contributed by atoms with Gasteiger partial charge in [0.05, 0.1) is 11.6 Å². The summed E-state index contributed by atoms with van der Waals surface area (Å²) in [6.07, 6.45) is 2.65. The van der Waals surface area contributed by atoms with Crippen LogP contribution >= 0.6 is 0 Å². The average molecular weight is 208 g/mol. The van der Waals surface area contributed by atoms with Crippen LogP contribution in [-0.4, -0.2) is 47.2 Å². The first kappa shape index (κ1) is 9.85. The molecule has 1 aliphatic rings. The number of likely N-dealkylation sites (N-methyl/N-ethyl adjacent to an activating group) is 1. The molecule has 6 heteroatoms. The summed E-state index contributed by atoms with van der Waals surface area (Å²) in [7, 11) is 1.90. The predicted octanol–water partition coefficient (Wildman–Crippen LogP) is -0.417. The lowest BCUT2D eigenvalue weighted by Crippen LogP contribution is -2.56. The lowest BCUT2D eigenvalue weighted by molar-refractivity contribution is 0.0696. The van der Waals surface area contributed by atoms with Crippen molar-refractivity contribution in [3.8, 4) is 0 Å². The van der Waals surface area contributed by atoms with Gasteiger partial charge in [-0.2, -0.15) is 0 Å². The molecular weight excluding hydrogens is 196 g/mol. The van der Waals surface area contributed by atoms with E-state index in [9.17, 15) is 4.79 Å². The third kappa shape index (κ3) is 1.89. The molecule has 80 valence electrons. The zero-order valence-electron chi connectivity index (χ0n) is 8.34. The van der Waals surface area contributed by atoms with Crippen LogP contribution in [0.1, 0.15) is 10.4 Å². The molecule has 0 aliphatic carbocycles. The minimum Gasteiger partial charge on any atom is -0.478 e. The molecule has 15 heavy (non-hydrogen) atoms. The summed E-state index contributed by atoms with van der Waals surface area (Å²) in [5, 5.41) is 11.8. The van der Waals surface area contributed by atoms with Gasteiger partial charge >= 0.3 is 5.97 Å². The van der Waals surface area contributed by atoms with Crippen LogP contribution in [0.4, 0.5) is 5.95 Å². The number of carbonyl (C=O) groups is 1. The first-order chi connectivity index (χ1) is 7.18. The van der Waals surface area contributed by atoms with Gasteiger partial charge in [0.15, 0.2) is 0 Å². The fourth-order valence-corrected chi connectivity index (χ4v) is 1.32. The second kappa shape index (κ2) is 3.82. The van der Waals surface area contributed by atoms with Crippen molar-refractivity contribution < 1.29 is 9.90 Å². The van der Waals surface area contributed by atoms with Crippen molar-refractivity contribution in [3.05, 3.63) is 18.0 Å². The van der Waals surface area contributed by atoms with Crippen molar-refractivity contribution in [1.29, 1.82) is 0 Å². The van der Waals surface area contributed by atoms with E-state index in [0.717, 1.165) is 13.1 Å². The van der Waals surface area contributed by atoms with E-state index >= 15 is 0 Å². The summed E-state index contributed by atoms with van der Waals surface area (Å²) in [6.45, 7) is 1.83. The molecule has 2 rings (SSSR count). The standard InChI is InChI=1S/C9H12N4O2/c1-13(7-4-10-5-7)9-11-2-6(3-12-9)8(14)15/h2-3,7,10H,4-5H2,1H3,(H,14,15). The summed E-state index contributed by atoms with van der Waals surface area (Å²) < 4.78 is 0. The van der Waals surface area contributed by atoms with Gasteiger partial charge in [-0.1, -0.05) is 0 Å². The fraction of sp³-hybridized carbons (Fsp3) is 0.444. The number of carboxylic acids is 1. The molecule has 0 atom stereocenters. The van der Waals surface area contributed by atoms with Gasteiger partial charge in [-0.05, 0) is 0 Å². The van der Waals surface area contributed by atoms with Crippen molar-refractivity contribution in [2.24, 2.45) is 0 Å². The Labute approximate surface area is 87.0 Å². The van der Waals surface area contributed by atoms with Gasteiger partial charge in [-0.25, -0.2) is 14.8 Å². The minimum atomic E-state index is -1.01. The van der Waals surface area contributed by atoms with Crippen LogP contribution in [0.5, 0.6) is 0 Å². The maximum Gasteiger partial charge on any atom is 0.338 e. The van der Waals surface area contributed by atoms with Crippen LogP contribution in [0.2, 0.25) is 0 Å². The van der Waals surface area contributed by atoms with Crippen molar-refractivity contribution in [2.45, 2.75) is 6.04 Å². The third-order valence-electron chi connectivity index (χ3n) is 2.51. The maximum atomic E-state index is 10.6. The number of rotatable bonds is 3. The highest BCUT2D eigenvalue weighted by atomic mass is 16.4. The molecule has 0 spiro atoms. The van der Waals surface area contributed by atoms with Gasteiger partial charge in [0.25, 0.3) is 0 Å². The number of anilines is 1. The van der Waals surface area contributed by atoms with Gasteiger partial charge in [-0.3, -0.25) is 0 Å². The monoisotopic (exact) mass is 208 g/mol. The summed E-state index contributed by atoms with van der Waals surface area (Å²) in [5.74, 6) is -0.444. The summed E-state index contributed by atoms with van der Waals surface area (Å²) in [5.41, 5.74) is 0.110. The summed E-state index contributed by atoms with van der Waals surface area (Å²) in [4.78, 5) is 20.5. The maximum absolute atomic E-state index is 10.6. The molecular formula is C9H12N4O2. The largest absolute Gasteiger partial charge is 0.478 e. The van der Waals surface area contributed by atoms with E-state index < -0.39 is 5.97 Å². The Hall–Kier alpha value is -1.69. The lowest BCUT2D eigenvalue weighted by atomic mass is 10.1. The zero-order valence-corrected chi connectivity index (χ0v) is 8.34. The predicted molar refractivity (Wildman–Crippen MR) is 54.1 cm³/mol. The molecule has 6 nitrogen and oxygen atoms in total. The smallest absolute Gasteiger partial charge is 0.338 e. The van der Waals surface area contributed by atoms with Crippen molar-refractivity contribution in [3.63, 3.8) is 0 Å². The molecule has 0 bridgehead atoms. The van der Waals surface area contributed by atoms with Crippen molar-refractivity contribution in [2.75, 3.05) is 25.0 Å². The molecule has 0 radical (unpaired) electrons. The molecule has 1 aromatic rings. The van der Waals surface area contributed by atoms with Crippen LogP contribution in [0.15, 0.2) is 12.4 Å². The molecule has 1 aliphatic heterocycles. The van der Waals surface area contributed by atoms with Crippen molar-refractivity contribution >= 4 is 11.9 Å². The molecule has 1 aromatic heterocycles. The molecule has 2 N–H and O–H groups in total. The van der Waals surface area contributed by atoms with Crippen LogP contribution in [-0.2, 0) is 0 Å². The average Bonchev–Trinajstić information content (AvgIpc) is 2.15. The molecule has 0 saturated carbocycles. The second-order valence-corrected chi connectivity index (χ2v) is 3.50. The fourth-order valence-electron chi connectivity index (χ4n) is 1.32. The highest BCUT2D eigenvalue weighted by Crippen LogP contribution is 2.11. The topological polar surface area (TPSA) is 78.4 Å². The highest BCUT2D eigenvalue weighted by molar-refractivity contribution is 5.86. The second-order valence-electron chi connectivity index (χ2n) is 3.50. The number of nitrogens with one attached hydrogen (secondary N) is 1. The summed E-state index contributed by atoms with van der Waals surface area (Å²) >= 11 is 0. The number of hydrogen-bond donors (Lipinski definition) is 2. The summed E-state index contributed by atoms with van der Waals surface area (Å²) in [6, 6.07) is 0.403. The quantitative estimate of drug-likeness (QED) is 0.702. The van der Waals surface area contributed by atoms with Gasteiger partial charge in [0, 0.05) is 32.5 Å². The molecule has 0 amide bonds. The SMILES string of the molecule is CN(c1ncc(C(=O)O)cn1)C1CNC1. The Morgan fingerprint density at radius 3 is 2.53 bits per heavy atom. The Bertz CT molecular complexity index is 361. The minimum absolute atomic E-state index is 0.110. The Balaban J connectivity index is 2.11. The lowest BCUT2D eigenvalue weighted by Gasteiger charge is -2.35. The molecule has 2 heterocycles. The molecule has 0 unspecified atom stereocenters. The van der Waals surface area contributed by atoms with E-state index in [4.69, 9.17) is 5.11 Å². The number of aromatic carboxylic acids is 1. The first-order valence-corrected chi connectivity index (χ1v) is 4.67. The van der Waals surface area contributed by atoms with E-state index in [1.54, 1.807) is 0 Å². The number of nitrogens with zero attached hydrogens (tertiary/aromatic N) is 3. The first-order valence-electron chi connectivity index (χ1n) is 4.67. The third-order valence-corrected chi connectivity index (χ3v) is 2.51. The van der Waals surface area contributed by atoms with E-state index in [0.29, 0.717) is 12.0 Å². The highest BCUT2D eigenvalue weighted by Gasteiger charge is 2.23. The van der Waals surface area contributed by atoms with Crippen LogP contribution < -0.4 is 10.2 Å². The molecule has 1 saturated heterocycles. The van der Waals surface area contributed by atoms with Gasteiger partial charge in [0.1, 0.15) is 0 Å². The van der Waals surface area contributed by atoms with Gasteiger partial charge in [0.2, 0.25) is 5.95 Å². The van der Waals surface area contributed by atoms with Crippen LogP contribution in [0.25, 0.3) is 0 Å². The Kier molecular flexibility index (Phi) is 2.51. The zero-order chi connectivity index (χ0) is 10.8.